The van der Waals surface area contributed by atoms with Crippen LogP contribution in [0.5, 0.6) is 5.75 Å². The molecule has 1 atom stereocenters. The monoisotopic (exact) mass is 556 g/mol. The first-order valence-corrected chi connectivity index (χ1v) is 13.4. The maximum atomic E-state index is 13.1. The lowest BCUT2D eigenvalue weighted by molar-refractivity contribution is -0.274. The maximum absolute atomic E-state index is 13.1. The summed E-state index contributed by atoms with van der Waals surface area (Å²) < 4.78 is 43.5. The lowest BCUT2D eigenvalue weighted by Crippen LogP contribution is -2.26. The average Bonchev–Trinajstić information content (AvgIpc) is 3.17. The second-order valence-corrected chi connectivity index (χ2v) is 10.4. The summed E-state index contributed by atoms with van der Waals surface area (Å²) in [4.78, 5) is 13.1. The number of rotatable bonds is 7. The quantitative estimate of drug-likeness (QED) is 0.218. The fourth-order valence-corrected chi connectivity index (χ4v) is 5.19. The molecule has 1 N–H and O–H groups in total. The number of amides is 1. The zero-order valence-electron chi connectivity index (χ0n) is 23.3. The summed E-state index contributed by atoms with van der Waals surface area (Å²) in [7, 11) is 0. The highest BCUT2D eigenvalue weighted by Crippen LogP contribution is 2.29. The summed E-state index contributed by atoms with van der Waals surface area (Å²) in [6.45, 7) is 8.76. The zero-order valence-corrected chi connectivity index (χ0v) is 23.3. The summed E-state index contributed by atoms with van der Waals surface area (Å²) in [6, 6.07) is 27.8. The van der Waals surface area contributed by atoms with E-state index in [2.05, 4.69) is 77.9 Å². The van der Waals surface area contributed by atoms with Crippen molar-refractivity contribution in [2.75, 3.05) is 0 Å². The van der Waals surface area contributed by atoms with Crippen LogP contribution in [0.2, 0.25) is 0 Å². The van der Waals surface area contributed by atoms with Crippen molar-refractivity contribution >= 4 is 16.8 Å². The largest absolute Gasteiger partial charge is 0.573 e. The highest BCUT2D eigenvalue weighted by atomic mass is 19.4. The molecule has 0 saturated carbocycles. The molecule has 1 heterocycles. The Morgan fingerprint density at radius 2 is 1.59 bits per heavy atom. The van der Waals surface area contributed by atoms with Gasteiger partial charge >= 0.3 is 6.36 Å². The van der Waals surface area contributed by atoms with Gasteiger partial charge in [-0.25, -0.2) is 0 Å². The van der Waals surface area contributed by atoms with E-state index in [4.69, 9.17) is 0 Å². The Kier molecular flexibility index (Phi) is 7.63. The van der Waals surface area contributed by atoms with E-state index >= 15 is 0 Å². The molecule has 0 saturated heterocycles. The number of halogens is 3. The second-order valence-electron chi connectivity index (χ2n) is 10.4. The topological polar surface area (TPSA) is 43.3 Å². The van der Waals surface area contributed by atoms with Crippen molar-refractivity contribution in [1.82, 2.24) is 9.88 Å². The third kappa shape index (κ3) is 6.14. The minimum atomic E-state index is -4.75. The first-order chi connectivity index (χ1) is 19.5. The van der Waals surface area contributed by atoms with Gasteiger partial charge in [0.15, 0.2) is 0 Å². The summed E-state index contributed by atoms with van der Waals surface area (Å²) in [5.74, 6) is -0.561. The molecule has 0 spiro atoms. The fourth-order valence-electron chi connectivity index (χ4n) is 5.19. The number of fused-ring (bicyclic) bond motifs is 1. The van der Waals surface area contributed by atoms with Crippen molar-refractivity contribution in [3.63, 3.8) is 0 Å². The van der Waals surface area contributed by atoms with Crippen molar-refractivity contribution in [2.45, 2.75) is 46.6 Å². The first kappa shape index (κ1) is 28.0. The van der Waals surface area contributed by atoms with Gasteiger partial charge in [0.05, 0.1) is 6.04 Å². The van der Waals surface area contributed by atoms with Crippen LogP contribution in [0.1, 0.15) is 51.3 Å². The molecule has 0 bridgehead atoms. The number of aromatic nitrogens is 1. The van der Waals surface area contributed by atoms with E-state index in [0.717, 1.165) is 22.2 Å². The number of hydrogen-bond acceptors (Lipinski definition) is 2. The van der Waals surface area contributed by atoms with E-state index in [1.807, 2.05) is 18.2 Å². The molecule has 0 aliphatic carbocycles. The van der Waals surface area contributed by atoms with Gasteiger partial charge in [-0.2, -0.15) is 0 Å². The Hall–Kier alpha value is -4.52. The minimum absolute atomic E-state index is 0.258. The Balaban J connectivity index is 1.32. The van der Waals surface area contributed by atoms with Crippen LogP contribution in [0.4, 0.5) is 13.2 Å². The van der Waals surface area contributed by atoms with E-state index in [-0.39, 0.29) is 11.7 Å². The van der Waals surface area contributed by atoms with Crippen LogP contribution >= 0.6 is 0 Å². The Morgan fingerprint density at radius 3 is 2.24 bits per heavy atom. The van der Waals surface area contributed by atoms with Crippen molar-refractivity contribution in [1.29, 1.82) is 0 Å². The number of alkyl halides is 3. The van der Waals surface area contributed by atoms with E-state index in [9.17, 15) is 18.0 Å². The molecule has 1 unspecified atom stereocenters. The number of aryl methyl sites for hydroxylation is 2. The molecule has 41 heavy (non-hydrogen) atoms. The predicted octanol–water partition coefficient (Wildman–Crippen LogP) is 8.67. The molecule has 7 heteroatoms. The summed E-state index contributed by atoms with van der Waals surface area (Å²) >= 11 is 0. The number of nitrogens with zero attached hydrogens (tertiary/aromatic N) is 1. The smallest absolute Gasteiger partial charge is 0.406 e. The van der Waals surface area contributed by atoms with E-state index in [0.29, 0.717) is 17.7 Å². The molecule has 0 fully saturated rings. The molecular weight excluding hydrogens is 525 g/mol. The predicted molar refractivity (Wildman–Crippen MR) is 156 cm³/mol. The molecule has 4 aromatic carbocycles. The van der Waals surface area contributed by atoms with Crippen molar-refractivity contribution in [2.24, 2.45) is 0 Å². The summed E-state index contributed by atoms with van der Waals surface area (Å²) in [5.41, 5.74) is 9.32. The van der Waals surface area contributed by atoms with Gasteiger partial charge in [0.25, 0.3) is 5.91 Å². The number of ether oxygens (including phenoxy) is 1. The normalized spacial score (nSPS) is 12.4. The van der Waals surface area contributed by atoms with Gasteiger partial charge in [-0.1, -0.05) is 60.7 Å². The van der Waals surface area contributed by atoms with Crippen LogP contribution < -0.4 is 10.1 Å². The average molecular weight is 557 g/mol. The second kappa shape index (κ2) is 11.2. The zero-order chi connectivity index (χ0) is 29.3. The van der Waals surface area contributed by atoms with Gasteiger partial charge in [0, 0.05) is 28.7 Å². The number of carbonyl (C=O) groups excluding carboxylic acids is 1. The summed E-state index contributed by atoms with van der Waals surface area (Å²) in [6.07, 6.45) is -4.75. The van der Waals surface area contributed by atoms with Crippen LogP contribution in [-0.2, 0) is 6.54 Å². The molecule has 1 aromatic heterocycles. The SMILES string of the molecule is Cc1ccccc1-c1ccc(Cn2c(C)c(C)c3cc(C(=O)NC(C)c4ccc(OC(F)(F)F)cc4)ccc32)cc1. The van der Waals surface area contributed by atoms with E-state index in [1.54, 1.807) is 13.0 Å². The number of nitrogens with one attached hydrogen (secondary N) is 1. The number of hydrogen-bond donors (Lipinski definition) is 1. The maximum Gasteiger partial charge on any atom is 0.573 e. The minimum Gasteiger partial charge on any atom is -0.406 e. The van der Waals surface area contributed by atoms with Gasteiger partial charge in [0.2, 0.25) is 0 Å². The van der Waals surface area contributed by atoms with Crippen LogP contribution in [0, 0.1) is 20.8 Å². The Morgan fingerprint density at radius 1 is 0.902 bits per heavy atom. The standard InChI is InChI=1S/C34H31F3N2O2/c1-21-7-5-6-8-30(21)27-11-9-25(10-12-27)20-39-24(4)22(2)31-19-28(15-18-32(31)39)33(40)38-23(3)26-13-16-29(17-14-26)41-34(35,36)37/h5-19,23H,20H2,1-4H3,(H,38,40). The molecular formula is C34H31F3N2O2. The van der Waals surface area contributed by atoms with Crippen LogP contribution in [-0.4, -0.2) is 16.8 Å². The molecule has 210 valence electrons. The highest BCUT2D eigenvalue weighted by molar-refractivity contribution is 5.99. The third-order valence-corrected chi connectivity index (χ3v) is 7.61. The number of benzene rings is 4. The molecule has 0 radical (unpaired) electrons. The molecule has 4 nitrogen and oxygen atoms in total. The third-order valence-electron chi connectivity index (χ3n) is 7.61. The molecule has 5 rings (SSSR count). The van der Waals surface area contributed by atoms with Crippen molar-refractivity contribution in [3.05, 3.63) is 125 Å². The molecule has 0 aliphatic rings. The molecule has 1 amide bonds. The number of carbonyl (C=O) groups is 1. The Bertz CT molecular complexity index is 1700. The van der Waals surface area contributed by atoms with E-state index in [1.165, 1.54) is 46.5 Å². The lowest BCUT2D eigenvalue weighted by atomic mass is 9.99. The van der Waals surface area contributed by atoms with Gasteiger partial charge in [-0.05, 0) is 91.4 Å². The van der Waals surface area contributed by atoms with E-state index < -0.39 is 12.4 Å². The molecule has 5 aromatic rings. The summed E-state index contributed by atoms with van der Waals surface area (Å²) in [5, 5.41) is 3.95. The van der Waals surface area contributed by atoms with Gasteiger partial charge in [-0.15, -0.1) is 13.2 Å². The highest BCUT2D eigenvalue weighted by Gasteiger charge is 2.31. The lowest BCUT2D eigenvalue weighted by Gasteiger charge is -2.16. The first-order valence-electron chi connectivity index (χ1n) is 13.4. The molecule has 0 aliphatic heterocycles. The van der Waals surface area contributed by atoms with Gasteiger partial charge < -0.3 is 14.6 Å². The van der Waals surface area contributed by atoms with Gasteiger partial charge in [-0.3, -0.25) is 4.79 Å². The van der Waals surface area contributed by atoms with Crippen LogP contribution in [0.25, 0.3) is 22.0 Å². The fraction of sp³-hybridized carbons (Fsp3) is 0.206. The van der Waals surface area contributed by atoms with Gasteiger partial charge in [0.1, 0.15) is 5.75 Å². The van der Waals surface area contributed by atoms with Crippen molar-refractivity contribution in [3.8, 4) is 16.9 Å². The van der Waals surface area contributed by atoms with Crippen LogP contribution in [0.15, 0.2) is 91.0 Å². The Labute approximate surface area is 237 Å². The van der Waals surface area contributed by atoms with Crippen LogP contribution in [0.3, 0.4) is 0 Å². The van der Waals surface area contributed by atoms with Crippen molar-refractivity contribution < 1.29 is 22.7 Å².